The number of sulfonamides is 1. The molecule has 0 spiro atoms. The normalized spacial score (nSPS) is 14.7. The number of nitrogens with zero attached hydrogens (tertiary/aromatic N) is 5. The molecule has 36 heavy (non-hydrogen) atoms. The minimum absolute atomic E-state index is 0.114. The second-order valence-corrected chi connectivity index (χ2v) is 11.3. The summed E-state index contributed by atoms with van der Waals surface area (Å²) in [6, 6.07) is 8.91. The van der Waals surface area contributed by atoms with Crippen molar-refractivity contribution in [1.82, 2.24) is 20.1 Å². The van der Waals surface area contributed by atoms with Crippen LogP contribution in [-0.4, -0.2) is 59.7 Å². The predicted octanol–water partition coefficient (Wildman–Crippen LogP) is 4.01. The molecule has 1 aromatic carbocycles. The van der Waals surface area contributed by atoms with Crippen LogP contribution in [0.15, 0.2) is 47.5 Å². The average Bonchev–Trinajstić information content (AvgIpc) is 3.31. The van der Waals surface area contributed by atoms with Gasteiger partial charge in [0, 0.05) is 38.8 Å². The molecule has 0 unspecified atom stereocenters. The van der Waals surface area contributed by atoms with Crippen LogP contribution in [-0.2, 0) is 29.0 Å². The van der Waals surface area contributed by atoms with Gasteiger partial charge in [-0.05, 0) is 36.2 Å². The van der Waals surface area contributed by atoms with Crippen LogP contribution >= 0.6 is 23.6 Å². The van der Waals surface area contributed by atoms with Crippen LogP contribution in [0.5, 0.6) is 0 Å². The van der Waals surface area contributed by atoms with Crippen molar-refractivity contribution in [3.05, 3.63) is 58.7 Å². The summed E-state index contributed by atoms with van der Waals surface area (Å²) in [5.41, 5.74) is 0.0986. The maximum Gasteiger partial charge on any atom is 0.417 e. The molecule has 1 N–H and O–H groups in total. The summed E-state index contributed by atoms with van der Waals surface area (Å²) in [6.45, 7) is 4.29. The van der Waals surface area contributed by atoms with E-state index in [1.54, 1.807) is 12.1 Å². The van der Waals surface area contributed by atoms with Gasteiger partial charge in [-0.1, -0.05) is 42.6 Å². The third kappa shape index (κ3) is 6.28. The molecule has 0 saturated carbocycles. The Balaban J connectivity index is 1.30. The zero-order valence-corrected chi connectivity index (χ0v) is 21.6. The zero-order valence-electron chi connectivity index (χ0n) is 19.2. The lowest BCUT2D eigenvalue weighted by molar-refractivity contribution is -0.137. The quantitative estimate of drug-likeness (QED) is 0.437. The van der Waals surface area contributed by atoms with Crippen molar-refractivity contribution in [3.8, 4) is 0 Å². The molecule has 192 valence electrons. The molecular weight excluding hydrogens is 533 g/mol. The monoisotopic (exact) mass is 556 g/mol. The van der Waals surface area contributed by atoms with Crippen molar-refractivity contribution in [3.63, 3.8) is 0 Å². The second-order valence-electron chi connectivity index (χ2n) is 8.05. The fraction of sp³-hybridized carbons (Fsp3) is 0.364. The molecule has 14 heteroatoms. The van der Waals surface area contributed by atoms with Crippen molar-refractivity contribution < 1.29 is 21.6 Å². The van der Waals surface area contributed by atoms with Crippen molar-refractivity contribution >= 4 is 49.5 Å². The summed E-state index contributed by atoms with van der Waals surface area (Å²) in [4.78, 5) is 8.76. The van der Waals surface area contributed by atoms with Crippen LogP contribution in [0.25, 0.3) is 0 Å². The molecule has 0 atom stereocenters. The molecule has 0 radical (unpaired) electrons. The number of rotatable bonds is 7. The lowest BCUT2D eigenvalue weighted by Crippen LogP contribution is -2.49. The number of nitrogens with one attached hydrogen (secondary N) is 1. The van der Waals surface area contributed by atoms with E-state index in [2.05, 4.69) is 19.9 Å². The second kappa shape index (κ2) is 10.6. The molecule has 0 aliphatic carbocycles. The van der Waals surface area contributed by atoms with Crippen molar-refractivity contribution in [1.29, 1.82) is 0 Å². The first-order chi connectivity index (χ1) is 17.0. The van der Waals surface area contributed by atoms with E-state index >= 15 is 0 Å². The van der Waals surface area contributed by atoms with Gasteiger partial charge in [-0.3, -0.25) is 4.72 Å². The highest BCUT2D eigenvalue weighted by Gasteiger charge is 2.31. The third-order valence-corrected chi connectivity index (χ3v) is 8.48. The largest absolute Gasteiger partial charge is 0.417 e. The molecule has 8 nitrogen and oxygen atoms in total. The summed E-state index contributed by atoms with van der Waals surface area (Å²) in [5, 5.41) is 8.73. The number of anilines is 2. The van der Waals surface area contributed by atoms with E-state index in [9.17, 15) is 21.6 Å². The van der Waals surface area contributed by atoms with Crippen LogP contribution in [0.2, 0.25) is 0 Å². The molecule has 2 aromatic heterocycles. The van der Waals surface area contributed by atoms with Crippen LogP contribution in [0.4, 0.5) is 24.1 Å². The van der Waals surface area contributed by atoms with Gasteiger partial charge in [-0.25, -0.2) is 13.4 Å². The first kappa shape index (κ1) is 26.2. The number of aryl methyl sites for hydroxylation is 1. The van der Waals surface area contributed by atoms with E-state index in [-0.39, 0.29) is 10.0 Å². The lowest BCUT2D eigenvalue weighted by atomic mass is 10.1. The standard InChI is InChI=1S/C22H23F3N6O2S3/c1-2-19-27-28-21(35-19)29-36(32,33)17-6-3-15(4-7-17)13-20(34)31-11-9-30(10-12-31)18-8-5-16(14-26-18)22(23,24)25/h3-8,14H,2,9-13H2,1H3,(H,28,29). The van der Waals surface area contributed by atoms with Gasteiger partial charge in [0.05, 0.1) is 15.4 Å². The number of hydrogen-bond acceptors (Lipinski definition) is 8. The van der Waals surface area contributed by atoms with Crippen molar-refractivity contribution in [2.24, 2.45) is 0 Å². The fourth-order valence-corrected chi connectivity index (χ4v) is 5.87. The Kier molecular flexibility index (Phi) is 7.76. The minimum atomic E-state index is -4.41. The lowest BCUT2D eigenvalue weighted by Gasteiger charge is -2.37. The Morgan fingerprint density at radius 3 is 2.33 bits per heavy atom. The Hall–Kier alpha value is -2.84. The molecule has 1 fully saturated rings. The number of pyridine rings is 1. The third-order valence-electron chi connectivity index (χ3n) is 5.61. The van der Waals surface area contributed by atoms with Gasteiger partial charge in [-0.2, -0.15) is 13.2 Å². The molecule has 0 amide bonds. The summed E-state index contributed by atoms with van der Waals surface area (Å²) < 4.78 is 65.9. The van der Waals surface area contributed by atoms with Crippen LogP contribution in [0, 0.1) is 0 Å². The van der Waals surface area contributed by atoms with Crippen LogP contribution < -0.4 is 9.62 Å². The van der Waals surface area contributed by atoms with E-state index in [0.717, 1.165) is 22.8 Å². The molecule has 3 aromatic rings. The Labute approximate surface area is 216 Å². The van der Waals surface area contributed by atoms with Gasteiger partial charge in [0.2, 0.25) is 5.13 Å². The Morgan fingerprint density at radius 2 is 1.78 bits per heavy atom. The van der Waals surface area contributed by atoms with Crippen LogP contribution in [0.3, 0.4) is 0 Å². The predicted molar refractivity (Wildman–Crippen MR) is 136 cm³/mol. The number of hydrogen-bond donors (Lipinski definition) is 1. The molecule has 1 aliphatic heterocycles. The van der Waals surface area contributed by atoms with Crippen LogP contribution in [0.1, 0.15) is 23.1 Å². The van der Waals surface area contributed by atoms with E-state index in [1.165, 1.54) is 29.5 Å². The minimum Gasteiger partial charge on any atom is -0.362 e. The first-order valence-electron chi connectivity index (χ1n) is 11.1. The summed E-state index contributed by atoms with van der Waals surface area (Å²) >= 11 is 6.79. The molecule has 1 aliphatic rings. The first-order valence-corrected chi connectivity index (χ1v) is 13.8. The van der Waals surface area contributed by atoms with E-state index < -0.39 is 21.8 Å². The fourth-order valence-electron chi connectivity index (χ4n) is 3.61. The number of alkyl halides is 3. The highest BCUT2D eigenvalue weighted by molar-refractivity contribution is 7.93. The highest BCUT2D eigenvalue weighted by Crippen LogP contribution is 2.29. The summed E-state index contributed by atoms with van der Waals surface area (Å²) in [5.74, 6) is 0.499. The molecule has 3 heterocycles. The van der Waals surface area contributed by atoms with Crippen molar-refractivity contribution in [2.45, 2.75) is 30.8 Å². The van der Waals surface area contributed by atoms with E-state index in [0.29, 0.717) is 49.8 Å². The molecular formula is C22H23F3N6O2S3. The van der Waals surface area contributed by atoms with E-state index in [1.807, 2.05) is 16.7 Å². The van der Waals surface area contributed by atoms with Gasteiger partial charge in [-0.15, -0.1) is 10.2 Å². The SMILES string of the molecule is CCc1nnc(NS(=O)(=O)c2ccc(CC(=S)N3CCN(c4ccc(C(F)(F)F)cn4)CC3)cc2)s1. The van der Waals surface area contributed by atoms with Gasteiger partial charge < -0.3 is 9.80 Å². The topological polar surface area (TPSA) is 91.3 Å². The van der Waals surface area contributed by atoms with E-state index in [4.69, 9.17) is 12.2 Å². The molecule has 0 bridgehead atoms. The number of benzene rings is 1. The van der Waals surface area contributed by atoms with Gasteiger partial charge in [0.25, 0.3) is 10.0 Å². The maximum atomic E-state index is 12.8. The number of halogens is 3. The highest BCUT2D eigenvalue weighted by atomic mass is 32.2. The Bertz CT molecular complexity index is 1300. The van der Waals surface area contributed by atoms with Crippen molar-refractivity contribution in [2.75, 3.05) is 35.8 Å². The number of aromatic nitrogens is 3. The molecule has 1 saturated heterocycles. The molecule has 4 rings (SSSR count). The number of thiocarbonyl (C=S) groups is 1. The summed E-state index contributed by atoms with van der Waals surface area (Å²) in [6.07, 6.45) is -2.42. The number of piperazine rings is 1. The van der Waals surface area contributed by atoms with Gasteiger partial charge in [0.15, 0.2) is 0 Å². The maximum absolute atomic E-state index is 12.8. The Morgan fingerprint density at radius 1 is 1.08 bits per heavy atom. The van der Waals surface area contributed by atoms with Gasteiger partial charge in [0.1, 0.15) is 10.8 Å². The smallest absolute Gasteiger partial charge is 0.362 e. The average molecular weight is 557 g/mol. The van der Waals surface area contributed by atoms with Gasteiger partial charge >= 0.3 is 6.18 Å². The zero-order chi connectivity index (χ0) is 25.9. The summed E-state index contributed by atoms with van der Waals surface area (Å²) in [7, 11) is -3.78.